The van der Waals surface area contributed by atoms with Gasteiger partial charge in [-0.2, -0.15) is 0 Å². The lowest BCUT2D eigenvalue weighted by Gasteiger charge is -2.32. The van der Waals surface area contributed by atoms with Crippen LogP contribution < -0.4 is 0 Å². The van der Waals surface area contributed by atoms with E-state index in [4.69, 9.17) is 16.3 Å². The summed E-state index contributed by atoms with van der Waals surface area (Å²) >= 11 is 9.44. The van der Waals surface area contributed by atoms with Crippen molar-refractivity contribution in [2.75, 3.05) is 19.7 Å². The number of carbonyl (C=O) groups excluding carboxylic acids is 1. The van der Waals surface area contributed by atoms with Crippen molar-refractivity contribution >= 4 is 33.4 Å². The molecule has 5 heteroatoms. The molecule has 0 spiro atoms. The van der Waals surface area contributed by atoms with Gasteiger partial charge in [0.05, 0.1) is 23.3 Å². The van der Waals surface area contributed by atoms with Crippen molar-refractivity contribution in [3.8, 4) is 0 Å². The third kappa shape index (κ3) is 3.05. The third-order valence-electron chi connectivity index (χ3n) is 3.04. The van der Waals surface area contributed by atoms with Crippen LogP contribution in [0.1, 0.15) is 23.7 Å². The summed E-state index contributed by atoms with van der Waals surface area (Å²) in [4.78, 5) is 14.2. The Morgan fingerprint density at radius 2 is 2.39 bits per heavy atom. The van der Waals surface area contributed by atoms with Crippen LogP contribution in [0.5, 0.6) is 0 Å². The molecule has 1 fully saturated rings. The minimum atomic E-state index is -0.0250. The van der Waals surface area contributed by atoms with Crippen molar-refractivity contribution in [1.82, 2.24) is 4.90 Å². The van der Waals surface area contributed by atoms with Crippen molar-refractivity contribution < 1.29 is 9.53 Å². The highest BCUT2D eigenvalue weighted by atomic mass is 79.9. The molecule has 1 amide bonds. The van der Waals surface area contributed by atoms with Crippen LogP contribution in [0.15, 0.2) is 22.7 Å². The second-order valence-corrected chi connectivity index (χ2v) is 5.60. The molecule has 1 aliphatic rings. The van der Waals surface area contributed by atoms with Gasteiger partial charge in [0.25, 0.3) is 5.91 Å². The second kappa shape index (κ2) is 6.04. The highest BCUT2D eigenvalue weighted by Crippen LogP contribution is 2.23. The lowest BCUT2D eigenvalue weighted by atomic mass is 10.1. The molecule has 0 saturated carbocycles. The van der Waals surface area contributed by atoms with E-state index in [0.29, 0.717) is 30.3 Å². The molecular weight excluding hydrogens is 318 g/mol. The summed E-state index contributed by atoms with van der Waals surface area (Å²) in [5, 5.41) is 0.489. The topological polar surface area (TPSA) is 29.5 Å². The smallest absolute Gasteiger partial charge is 0.255 e. The van der Waals surface area contributed by atoms with Gasteiger partial charge in [-0.25, -0.2) is 0 Å². The number of rotatable bonds is 2. The van der Waals surface area contributed by atoms with E-state index in [0.717, 1.165) is 10.9 Å². The molecule has 18 heavy (non-hydrogen) atoms. The molecule has 1 heterocycles. The number of morpholine rings is 1. The molecule has 1 unspecified atom stereocenters. The molecule has 3 nitrogen and oxygen atoms in total. The van der Waals surface area contributed by atoms with Crippen LogP contribution in [0.25, 0.3) is 0 Å². The van der Waals surface area contributed by atoms with Crippen LogP contribution in [0.2, 0.25) is 5.02 Å². The van der Waals surface area contributed by atoms with Crippen molar-refractivity contribution in [2.45, 2.75) is 19.4 Å². The van der Waals surface area contributed by atoms with Crippen LogP contribution in [0.3, 0.4) is 0 Å². The van der Waals surface area contributed by atoms with Crippen LogP contribution in [-0.2, 0) is 4.74 Å². The van der Waals surface area contributed by atoms with Gasteiger partial charge in [-0.1, -0.05) is 34.5 Å². The SMILES string of the molecule is CCC1CN(C(=O)c2cc(Br)ccc2Cl)CCO1. The van der Waals surface area contributed by atoms with E-state index in [9.17, 15) is 4.79 Å². The van der Waals surface area contributed by atoms with Crippen LogP contribution in [0.4, 0.5) is 0 Å². The van der Waals surface area contributed by atoms with Gasteiger partial charge < -0.3 is 9.64 Å². The highest BCUT2D eigenvalue weighted by Gasteiger charge is 2.25. The second-order valence-electron chi connectivity index (χ2n) is 4.28. The first-order valence-electron chi connectivity index (χ1n) is 5.97. The van der Waals surface area contributed by atoms with E-state index in [1.807, 2.05) is 11.0 Å². The minimum Gasteiger partial charge on any atom is -0.375 e. The van der Waals surface area contributed by atoms with Gasteiger partial charge in [0.2, 0.25) is 0 Å². The Balaban J connectivity index is 2.17. The number of hydrogen-bond donors (Lipinski definition) is 0. The average molecular weight is 333 g/mol. The van der Waals surface area contributed by atoms with Crippen LogP contribution in [-0.4, -0.2) is 36.6 Å². The fraction of sp³-hybridized carbons (Fsp3) is 0.462. The molecule has 1 aliphatic heterocycles. The molecule has 0 bridgehead atoms. The Hall–Kier alpha value is -0.580. The van der Waals surface area contributed by atoms with Gasteiger partial charge in [0.15, 0.2) is 0 Å². The Bertz CT molecular complexity index is 453. The standard InChI is InChI=1S/C13H15BrClNO2/c1-2-10-8-16(5-6-18-10)13(17)11-7-9(14)3-4-12(11)15/h3-4,7,10H,2,5-6,8H2,1H3. The lowest BCUT2D eigenvalue weighted by Crippen LogP contribution is -2.45. The van der Waals surface area contributed by atoms with Gasteiger partial charge in [-0.05, 0) is 24.6 Å². The van der Waals surface area contributed by atoms with Crippen molar-refractivity contribution in [3.63, 3.8) is 0 Å². The van der Waals surface area contributed by atoms with E-state index < -0.39 is 0 Å². The maximum Gasteiger partial charge on any atom is 0.255 e. The van der Waals surface area contributed by atoms with E-state index >= 15 is 0 Å². The monoisotopic (exact) mass is 331 g/mol. The molecule has 0 aromatic heterocycles. The predicted molar refractivity (Wildman–Crippen MR) is 75.1 cm³/mol. The molecule has 1 atom stereocenters. The van der Waals surface area contributed by atoms with Crippen LogP contribution in [0, 0.1) is 0 Å². The summed E-state index contributed by atoms with van der Waals surface area (Å²) in [6.45, 7) is 3.91. The quantitative estimate of drug-likeness (QED) is 0.831. The maximum atomic E-state index is 12.4. The Morgan fingerprint density at radius 3 is 3.11 bits per heavy atom. The van der Waals surface area contributed by atoms with E-state index in [1.165, 1.54) is 0 Å². The number of hydrogen-bond acceptors (Lipinski definition) is 2. The van der Waals surface area contributed by atoms with Gasteiger partial charge in [0.1, 0.15) is 0 Å². The van der Waals surface area contributed by atoms with Gasteiger partial charge in [-0.15, -0.1) is 0 Å². The summed E-state index contributed by atoms with van der Waals surface area (Å²) in [5.74, 6) is -0.0250. The van der Waals surface area contributed by atoms with Gasteiger partial charge >= 0.3 is 0 Å². The van der Waals surface area contributed by atoms with Crippen LogP contribution >= 0.6 is 27.5 Å². The van der Waals surface area contributed by atoms with E-state index in [1.54, 1.807) is 12.1 Å². The zero-order valence-electron chi connectivity index (χ0n) is 10.2. The number of ether oxygens (including phenoxy) is 1. The molecule has 0 radical (unpaired) electrons. The first-order valence-corrected chi connectivity index (χ1v) is 7.15. The number of nitrogens with zero attached hydrogens (tertiary/aromatic N) is 1. The Kier molecular flexibility index (Phi) is 4.65. The number of carbonyl (C=O) groups is 1. The summed E-state index contributed by atoms with van der Waals surface area (Å²) in [5.41, 5.74) is 0.544. The predicted octanol–water partition coefficient (Wildman–Crippen LogP) is 3.35. The normalized spacial score (nSPS) is 19.9. The van der Waals surface area contributed by atoms with Gasteiger partial charge in [0, 0.05) is 17.6 Å². The summed E-state index contributed by atoms with van der Waals surface area (Å²) < 4.78 is 6.42. The van der Waals surface area contributed by atoms with Crippen molar-refractivity contribution in [2.24, 2.45) is 0 Å². The van der Waals surface area contributed by atoms with E-state index in [2.05, 4.69) is 22.9 Å². The molecule has 1 aromatic rings. The molecule has 98 valence electrons. The zero-order valence-corrected chi connectivity index (χ0v) is 12.5. The molecule has 2 rings (SSSR count). The Labute approximate surface area is 120 Å². The number of halogens is 2. The molecule has 1 saturated heterocycles. The molecule has 1 aromatic carbocycles. The van der Waals surface area contributed by atoms with Gasteiger partial charge in [-0.3, -0.25) is 4.79 Å². The average Bonchev–Trinajstić information content (AvgIpc) is 2.41. The van der Waals surface area contributed by atoms with Crippen molar-refractivity contribution in [3.05, 3.63) is 33.3 Å². The summed E-state index contributed by atoms with van der Waals surface area (Å²) in [6, 6.07) is 5.32. The lowest BCUT2D eigenvalue weighted by molar-refractivity contribution is -0.0226. The molecule has 0 aliphatic carbocycles. The van der Waals surface area contributed by atoms with E-state index in [-0.39, 0.29) is 12.0 Å². The highest BCUT2D eigenvalue weighted by molar-refractivity contribution is 9.10. The minimum absolute atomic E-state index is 0.0250. The Morgan fingerprint density at radius 1 is 1.61 bits per heavy atom. The fourth-order valence-electron chi connectivity index (χ4n) is 1.98. The largest absolute Gasteiger partial charge is 0.375 e. The summed E-state index contributed by atoms with van der Waals surface area (Å²) in [7, 11) is 0. The molecule has 0 N–H and O–H groups in total. The number of amides is 1. The van der Waals surface area contributed by atoms with Crippen molar-refractivity contribution in [1.29, 1.82) is 0 Å². The summed E-state index contributed by atoms with van der Waals surface area (Å²) in [6.07, 6.45) is 1.05. The first kappa shape index (κ1) is 13.8. The third-order valence-corrected chi connectivity index (χ3v) is 3.86. The first-order chi connectivity index (χ1) is 8.61. The molecular formula is C13H15BrClNO2. The number of benzene rings is 1. The maximum absolute atomic E-state index is 12.4. The fourth-order valence-corrected chi connectivity index (χ4v) is 2.54. The zero-order chi connectivity index (χ0) is 13.1.